The molecule has 1 aromatic heterocycles. The van der Waals surface area contributed by atoms with Gasteiger partial charge in [0.15, 0.2) is 16.3 Å². The van der Waals surface area contributed by atoms with Crippen molar-refractivity contribution in [3.05, 3.63) is 84.0 Å². The third-order valence-corrected chi connectivity index (χ3v) is 6.98. The largest absolute Gasteiger partial charge is 0.497 e. The fourth-order valence-corrected chi connectivity index (χ4v) is 5.29. The van der Waals surface area contributed by atoms with Gasteiger partial charge in [0.05, 0.1) is 35.6 Å². The highest BCUT2D eigenvalue weighted by Gasteiger charge is 2.33. The number of methoxy groups -OCH3 is 1. The fraction of sp³-hybridized carbons (Fsp3) is 0.269. The molecule has 3 heterocycles. The number of rotatable bonds is 5. The summed E-state index contributed by atoms with van der Waals surface area (Å²) in [6.45, 7) is 5.87. The highest BCUT2D eigenvalue weighted by atomic mass is 32.1. The molecule has 1 atom stereocenters. The first-order valence-corrected chi connectivity index (χ1v) is 12.0. The summed E-state index contributed by atoms with van der Waals surface area (Å²) >= 11 is 1.28. The van der Waals surface area contributed by atoms with Crippen molar-refractivity contribution in [1.29, 1.82) is 0 Å². The molecule has 8 nitrogen and oxygen atoms in total. The molecular formula is C26H24N2O6S. The van der Waals surface area contributed by atoms with Crippen molar-refractivity contribution < 1.29 is 23.7 Å². The Bertz CT molecular complexity index is 1530. The Morgan fingerprint density at radius 1 is 1.20 bits per heavy atom. The fourth-order valence-electron chi connectivity index (χ4n) is 4.25. The summed E-state index contributed by atoms with van der Waals surface area (Å²) in [5, 5.41) is 0. The topological polar surface area (TPSA) is 88.4 Å². The molecule has 5 rings (SSSR count). The maximum Gasteiger partial charge on any atom is 0.338 e. The first-order valence-electron chi connectivity index (χ1n) is 11.1. The van der Waals surface area contributed by atoms with Crippen LogP contribution in [0.3, 0.4) is 0 Å². The summed E-state index contributed by atoms with van der Waals surface area (Å²) in [5.41, 5.74) is 3.19. The van der Waals surface area contributed by atoms with E-state index < -0.39 is 12.0 Å². The molecular weight excluding hydrogens is 468 g/mol. The number of hydrogen-bond donors (Lipinski definition) is 0. The van der Waals surface area contributed by atoms with Crippen molar-refractivity contribution in [3.8, 4) is 17.2 Å². The van der Waals surface area contributed by atoms with Gasteiger partial charge >= 0.3 is 5.97 Å². The number of nitrogens with zero attached hydrogens (tertiary/aromatic N) is 2. The second kappa shape index (κ2) is 9.07. The lowest BCUT2D eigenvalue weighted by atomic mass is 9.96. The van der Waals surface area contributed by atoms with Crippen molar-refractivity contribution in [3.63, 3.8) is 0 Å². The number of benzene rings is 2. The molecule has 0 amide bonds. The summed E-state index contributed by atoms with van der Waals surface area (Å²) in [5.74, 6) is 1.52. The van der Waals surface area contributed by atoms with Gasteiger partial charge in [-0.1, -0.05) is 23.5 Å². The molecule has 2 aliphatic rings. The van der Waals surface area contributed by atoms with Crippen LogP contribution in [0, 0.1) is 6.92 Å². The quantitative estimate of drug-likeness (QED) is 0.509. The number of aryl methyl sites for hydroxylation is 1. The van der Waals surface area contributed by atoms with Crippen molar-refractivity contribution >= 4 is 23.4 Å². The lowest BCUT2D eigenvalue weighted by Crippen LogP contribution is -2.39. The standard InChI is InChI=1S/C26H24N2O6S/c1-5-32-25(30)22-15(3)27-26-28(23(22)16-6-8-18(31-4)9-7-16)24(29)21(35-26)12-17-11-20-19(10-14(17)2)33-13-34-20/h6-12,23H,5,13H2,1-4H3. The summed E-state index contributed by atoms with van der Waals surface area (Å²) in [4.78, 5) is 31.8. The number of hydrogen-bond acceptors (Lipinski definition) is 8. The van der Waals surface area contributed by atoms with Crippen LogP contribution in [0.5, 0.6) is 17.2 Å². The second-order valence-electron chi connectivity index (χ2n) is 8.14. The number of allylic oxidation sites excluding steroid dienone is 1. The van der Waals surface area contributed by atoms with Gasteiger partial charge in [0.1, 0.15) is 5.75 Å². The Balaban J connectivity index is 1.70. The van der Waals surface area contributed by atoms with E-state index in [0.717, 1.165) is 16.7 Å². The van der Waals surface area contributed by atoms with Crippen LogP contribution in [0.4, 0.5) is 0 Å². The van der Waals surface area contributed by atoms with Gasteiger partial charge in [-0.2, -0.15) is 0 Å². The number of carbonyl (C=O) groups is 1. The molecule has 180 valence electrons. The lowest BCUT2D eigenvalue weighted by Gasteiger charge is -2.24. The van der Waals surface area contributed by atoms with Crippen LogP contribution in [-0.2, 0) is 9.53 Å². The van der Waals surface area contributed by atoms with Crippen molar-refractivity contribution in [2.75, 3.05) is 20.5 Å². The van der Waals surface area contributed by atoms with Crippen LogP contribution in [0.25, 0.3) is 6.08 Å². The molecule has 2 aromatic carbocycles. The Labute approximate surface area is 205 Å². The van der Waals surface area contributed by atoms with Crippen molar-refractivity contribution in [2.45, 2.75) is 26.8 Å². The van der Waals surface area contributed by atoms with E-state index in [0.29, 0.717) is 37.9 Å². The van der Waals surface area contributed by atoms with Crippen LogP contribution in [-0.4, -0.2) is 31.0 Å². The summed E-state index contributed by atoms with van der Waals surface area (Å²) in [6, 6.07) is 10.4. The molecule has 0 saturated carbocycles. The number of aromatic nitrogens is 1. The van der Waals surface area contributed by atoms with Crippen LogP contribution in [0.15, 0.2) is 57.5 Å². The second-order valence-corrected chi connectivity index (χ2v) is 9.15. The Morgan fingerprint density at radius 3 is 2.60 bits per heavy atom. The zero-order chi connectivity index (χ0) is 24.7. The van der Waals surface area contributed by atoms with E-state index in [1.165, 1.54) is 11.3 Å². The average molecular weight is 493 g/mol. The molecule has 0 aliphatic carbocycles. The summed E-state index contributed by atoms with van der Waals surface area (Å²) < 4.78 is 23.6. The zero-order valence-corrected chi connectivity index (χ0v) is 20.6. The minimum atomic E-state index is -0.670. The van der Waals surface area contributed by atoms with Gasteiger partial charge < -0.3 is 18.9 Å². The molecule has 0 fully saturated rings. The highest BCUT2D eigenvalue weighted by molar-refractivity contribution is 7.07. The van der Waals surface area contributed by atoms with Gasteiger partial charge in [-0.05, 0) is 67.8 Å². The van der Waals surface area contributed by atoms with Crippen molar-refractivity contribution in [1.82, 2.24) is 4.57 Å². The van der Waals surface area contributed by atoms with Gasteiger partial charge in [0.2, 0.25) is 6.79 Å². The predicted molar refractivity (Wildman–Crippen MR) is 131 cm³/mol. The third kappa shape index (κ3) is 4.01. The highest BCUT2D eigenvalue weighted by Crippen LogP contribution is 2.35. The third-order valence-electron chi connectivity index (χ3n) is 6.00. The Hall–Kier alpha value is -3.85. The molecule has 3 aromatic rings. The molecule has 1 unspecified atom stereocenters. The number of carbonyl (C=O) groups excluding carboxylic acids is 1. The van der Waals surface area contributed by atoms with Gasteiger partial charge in [-0.25, -0.2) is 9.79 Å². The van der Waals surface area contributed by atoms with E-state index in [1.807, 2.05) is 37.3 Å². The molecule has 9 heteroatoms. The smallest absolute Gasteiger partial charge is 0.338 e. The van der Waals surface area contributed by atoms with E-state index in [1.54, 1.807) is 37.7 Å². The number of esters is 1. The van der Waals surface area contributed by atoms with Crippen molar-refractivity contribution in [2.24, 2.45) is 4.99 Å². The SMILES string of the molecule is CCOC(=O)C1=C(C)N=c2sc(=Cc3cc4c(cc3C)OCO4)c(=O)n2C1c1ccc(OC)cc1. The predicted octanol–water partition coefficient (Wildman–Crippen LogP) is 2.84. The average Bonchev–Trinajstić information content (AvgIpc) is 3.42. The van der Waals surface area contributed by atoms with Gasteiger partial charge in [-0.15, -0.1) is 0 Å². The van der Waals surface area contributed by atoms with E-state index in [4.69, 9.17) is 18.9 Å². The molecule has 35 heavy (non-hydrogen) atoms. The van der Waals surface area contributed by atoms with E-state index >= 15 is 0 Å². The molecule has 0 spiro atoms. The summed E-state index contributed by atoms with van der Waals surface area (Å²) in [7, 11) is 1.59. The Kier molecular flexibility index (Phi) is 5.94. The lowest BCUT2D eigenvalue weighted by molar-refractivity contribution is -0.139. The summed E-state index contributed by atoms with van der Waals surface area (Å²) in [6.07, 6.45) is 1.83. The normalized spacial score (nSPS) is 16.7. The number of ether oxygens (including phenoxy) is 4. The number of fused-ring (bicyclic) bond motifs is 2. The first kappa shape index (κ1) is 22.9. The molecule has 0 saturated heterocycles. The molecule has 0 N–H and O–H groups in total. The maximum absolute atomic E-state index is 13.7. The van der Waals surface area contributed by atoms with E-state index in [-0.39, 0.29) is 19.0 Å². The zero-order valence-electron chi connectivity index (χ0n) is 19.8. The van der Waals surface area contributed by atoms with Crippen LogP contribution in [0.2, 0.25) is 0 Å². The maximum atomic E-state index is 13.7. The monoisotopic (exact) mass is 492 g/mol. The van der Waals surface area contributed by atoms with Crippen LogP contribution in [0.1, 0.15) is 36.6 Å². The van der Waals surface area contributed by atoms with Gasteiger partial charge in [0, 0.05) is 0 Å². The molecule has 2 aliphatic heterocycles. The molecule has 0 radical (unpaired) electrons. The van der Waals surface area contributed by atoms with Gasteiger partial charge in [-0.3, -0.25) is 9.36 Å². The van der Waals surface area contributed by atoms with Crippen LogP contribution >= 0.6 is 11.3 Å². The first-order chi connectivity index (χ1) is 16.9. The van der Waals surface area contributed by atoms with E-state index in [9.17, 15) is 9.59 Å². The minimum Gasteiger partial charge on any atom is -0.497 e. The Morgan fingerprint density at radius 2 is 1.91 bits per heavy atom. The van der Waals surface area contributed by atoms with E-state index in [2.05, 4.69) is 4.99 Å². The van der Waals surface area contributed by atoms with Gasteiger partial charge in [0.25, 0.3) is 5.56 Å². The minimum absolute atomic E-state index is 0.179. The molecule has 0 bridgehead atoms. The van der Waals surface area contributed by atoms with Crippen LogP contribution < -0.4 is 29.1 Å². The number of thiazole rings is 1.